The molecule has 3 nitrogen and oxygen atoms in total. The van der Waals surface area contributed by atoms with E-state index in [2.05, 4.69) is 4.90 Å². The lowest BCUT2D eigenvalue weighted by Gasteiger charge is -2.37. The van der Waals surface area contributed by atoms with Gasteiger partial charge in [0.15, 0.2) is 0 Å². The Morgan fingerprint density at radius 2 is 2.22 bits per heavy atom. The average molecular weight is 269 g/mol. The molecule has 2 rings (SSSR count). The summed E-state index contributed by atoms with van der Waals surface area (Å²) in [6, 6.07) is 8.05. The first-order chi connectivity index (χ1) is 8.76. The van der Waals surface area contributed by atoms with Crippen molar-refractivity contribution in [3.63, 3.8) is 0 Å². The number of hydrogen-bond donors (Lipinski definition) is 2. The van der Waals surface area contributed by atoms with Crippen LogP contribution in [0.25, 0.3) is 0 Å². The van der Waals surface area contributed by atoms with E-state index in [0.717, 1.165) is 36.5 Å². The van der Waals surface area contributed by atoms with E-state index in [1.54, 1.807) is 0 Å². The second-order valence-electron chi connectivity index (χ2n) is 4.96. The van der Waals surface area contributed by atoms with E-state index < -0.39 is 0 Å². The second-order valence-corrected chi connectivity index (χ2v) is 5.37. The van der Waals surface area contributed by atoms with Gasteiger partial charge in [-0.2, -0.15) is 0 Å². The zero-order chi connectivity index (χ0) is 13.0. The first kappa shape index (κ1) is 13.8. The maximum atomic E-state index is 9.30. The van der Waals surface area contributed by atoms with Crippen molar-refractivity contribution in [2.24, 2.45) is 11.7 Å². The lowest BCUT2D eigenvalue weighted by Crippen LogP contribution is -2.42. The van der Waals surface area contributed by atoms with Crippen LogP contribution in [0.5, 0.6) is 0 Å². The molecule has 0 aromatic heterocycles. The van der Waals surface area contributed by atoms with Crippen LogP contribution in [0.15, 0.2) is 24.3 Å². The Balaban J connectivity index is 2.15. The van der Waals surface area contributed by atoms with E-state index >= 15 is 0 Å². The van der Waals surface area contributed by atoms with Crippen molar-refractivity contribution in [1.82, 2.24) is 4.90 Å². The van der Waals surface area contributed by atoms with Crippen LogP contribution in [0.2, 0.25) is 5.02 Å². The Kier molecular flexibility index (Phi) is 5.01. The van der Waals surface area contributed by atoms with Gasteiger partial charge in [-0.05, 0) is 36.9 Å². The first-order valence-electron chi connectivity index (χ1n) is 6.55. The Labute approximate surface area is 114 Å². The molecule has 1 aromatic rings. The highest BCUT2D eigenvalue weighted by molar-refractivity contribution is 6.31. The Morgan fingerprint density at radius 3 is 2.89 bits per heavy atom. The minimum absolute atomic E-state index is 0.160. The summed E-state index contributed by atoms with van der Waals surface area (Å²) in [6.07, 6.45) is 2.22. The highest BCUT2D eigenvalue weighted by Gasteiger charge is 2.26. The maximum Gasteiger partial charge on any atom is 0.0485 e. The van der Waals surface area contributed by atoms with Gasteiger partial charge in [-0.1, -0.05) is 29.8 Å². The third-order valence-electron chi connectivity index (χ3n) is 3.74. The van der Waals surface area contributed by atoms with Crippen LogP contribution in [0.3, 0.4) is 0 Å². The molecule has 0 aliphatic carbocycles. The van der Waals surface area contributed by atoms with Crippen molar-refractivity contribution in [1.29, 1.82) is 0 Å². The van der Waals surface area contributed by atoms with Crippen molar-refractivity contribution >= 4 is 11.6 Å². The monoisotopic (exact) mass is 268 g/mol. The molecule has 1 saturated heterocycles. The molecule has 4 heteroatoms. The molecular formula is C14H21ClN2O. The number of nitrogens with zero attached hydrogens (tertiary/aromatic N) is 1. The van der Waals surface area contributed by atoms with Crippen molar-refractivity contribution in [2.75, 3.05) is 26.2 Å². The predicted molar refractivity (Wildman–Crippen MR) is 74.6 cm³/mol. The van der Waals surface area contributed by atoms with E-state index in [9.17, 15) is 5.11 Å². The number of hydrogen-bond acceptors (Lipinski definition) is 3. The summed E-state index contributed by atoms with van der Waals surface area (Å²) in [7, 11) is 0. The number of halogens is 1. The van der Waals surface area contributed by atoms with E-state index in [1.807, 2.05) is 24.3 Å². The summed E-state index contributed by atoms with van der Waals surface area (Å²) in [6.45, 7) is 2.76. The number of piperidine rings is 1. The molecule has 0 bridgehead atoms. The summed E-state index contributed by atoms with van der Waals surface area (Å²) < 4.78 is 0. The molecule has 100 valence electrons. The molecule has 0 radical (unpaired) electrons. The van der Waals surface area contributed by atoms with Gasteiger partial charge in [-0.3, -0.25) is 4.90 Å². The SMILES string of the molecule is NCC(c1ccccc1Cl)N1CCCC(CO)C1. The largest absolute Gasteiger partial charge is 0.396 e. The fraction of sp³-hybridized carbons (Fsp3) is 0.571. The molecular weight excluding hydrogens is 248 g/mol. The van der Waals surface area contributed by atoms with Gasteiger partial charge in [0, 0.05) is 30.8 Å². The first-order valence-corrected chi connectivity index (χ1v) is 6.93. The number of nitrogens with two attached hydrogens (primary N) is 1. The molecule has 1 aromatic carbocycles. The molecule has 2 atom stereocenters. The number of likely N-dealkylation sites (tertiary alicyclic amines) is 1. The summed E-state index contributed by atoms with van der Waals surface area (Å²) in [5, 5.41) is 10.1. The number of aliphatic hydroxyl groups is 1. The van der Waals surface area contributed by atoms with Gasteiger partial charge >= 0.3 is 0 Å². The second kappa shape index (κ2) is 6.53. The molecule has 2 unspecified atom stereocenters. The Hall–Kier alpha value is -0.610. The maximum absolute atomic E-state index is 9.30. The van der Waals surface area contributed by atoms with Gasteiger partial charge in [0.2, 0.25) is 0 Å². The van der Waals surface area contributed by atoms with Crippen molar-refractivity contribution in [3.05, 3.63) is 34.9 Å². The highest BCUT2D eigenvalue weighted by atomic mass is 35.5. The Morgan fingerprint density at radius 1 is 1.44 bits per heavy atom. The quantitative estimate of drug-likeness (QED) is 0.879. The van der Waals surface area contributed by atoms with Crippen molar-refractivity contribution in [3.8, 4) is 0 Å². The van der Waals surface area contributed by atoms with Crippen LogP contribution < -0.4 is 5.73 Å². The molecule has 1 aliphatic heterocycles. The van der Waals surface area contributed by atoms with Crippen LogP contribution >= 0.6 is 11.6 Å². The molecule has 1 aliphatic rings. The van der Waals surface area contributed by atoms with E-state index in [1.165, 1.54) is 0 Å². The smallest absolute Gasteiger partial charge is 0.0485 e. The highest BCUT2D eigenvalue weighted by Crippen LogP contribution is 2.30. The molecule has 0 amide bonds. The molecule has 0 spiro atoms. The van der Waals surface area contributed by atoms with Crippen LogP contribution in [-0.4, -0.2) is 36.2 Å². The normalized spacial score (nSPS) is 22.9. The minimum Gasteiger partial charge on any atom is -0.396 e. The summed E-state index contributed by atoms with van der Waals surface area (Å²) in [5.41, 5.74) is 7.03. The van der Waals surface area contributed by atoms with Crippen molar-refractivity contribution < 1.29 is 5.11 Å². The van der Waals surface area contributed by atoms with Gasteiger partial charge in [0.1, 0.15) is 0 Å². The third kappa shape index (κ3) is 3.04. The lowest BCUT2D eigenvalue weighted by molar-refractivity contribution is 0.0901. The van der Waals surface area contributed by atoms with E-state index in [4.69, 9.17) is 17.3 Å². The summed E-state index contributed by atoms with van der Waals surface area (Å²) in [5.74, 6) is 0.371. The summed E-state index contributed by atoms with van der Waals surface area (Å²) in [4.78, 5) is 2.35. The van der Waals surface area contributed by atoms with Gasteiger partial charge in [-0.25, -0.2) is 0 Å². The summed E-state index contributed by atoms with van der Waals surface area (Å²) >= 11 is 6.26. The predicted octanol–water partition coefficient (Wildman–Crippen LogP) is 2.04. The molecule has 0 saturated carbocycles. The average Bonchev–Trinajstić information content (AvgIpc) is 2.42. The lowest BCUT2D eigenvalue weighted by atomic mass is 9.95. The topological polar surface area (TPSA) is 49.5 Å². The molecule has 3 N–H and O–H groups in total. The minimum atomic E-state index is 0.160. The van der Waals surface area contributed by atoms with Gasteiger partial charge in [0.25, 0.3) is 0 Å². The fourth-order valence-electron chi connectivity index (χ4n) is 2.75. The molecule has 1 heterocycles. The zero-order valence-corrected chi connectivity index (χ0v) is 11.3. The standard InChI is InChI=1S/C14H21ClN2O/c15-13-6-2-1-5-12(13)14(8-16)17-7-3-4-11(9-17)10-18/h1-2,5-6,11,14,18H,3-4,7-10,16H2. The fourth-order valence-corrected chi connectivity index (χ4v) is 3.01. The number of benzene rings is 1. The van der Waals surface area contributed by atoms with Gasteiger partial charge < -0.3 is 10.8 Å². The molecule has 18 heavy (non-hydrogen) atoms. The van der Waals surface area contributed by atoms with Gasteiger partial charge in [-0.15, -0.1) is 0 Å². The molecule has 1 fully saturated rings. The zero-order valence-electron chi connectivity index (χ0n) is 10.6. The third-order valence-corrected chi connectivity index (χ3v) is 4.08. The number of aliphatic hydroxyl groups excluding tert-OH is 1. The van der Waals surface area contributed by atoms with Gasteiger partial charge in [0.05, 0.1) is 0 Å². The number of rotatable bonds is 4. The van der Waals surface area contributed by atoms with Crippen molar-refractivity contribution in [2.45, 2.75) is 18.9 Å². The van der Waals surface area contributed by atoms with Crippen LogP contribution in [-0.2, 0) is 0 Å². The van der Waals surface area contributed by atoms with Crippen LogP contribution in [0, 0.1) is 5.92 Å². The van der Waals surface area contributed by atoms with Crippen LogP contribution in [0.4, 0.5) is 0 Å². The Bertz CT molecular complexity index is 386. The van der Waals surface area contributed by atoms with Crippen LogP contribution in [0.1, 0.15) is 24.4 Å². The van der Waals surface area contributed by atoms with E-state index in [-0.39, 0.29) is 12.6 Å². The van der Waals surface area contributed by atoms with E-state index in [0.29, 0.717) is 12.5 Å².